The third kappa shape index (κ3) is 3.03. The molecule has 4 nitrogen and oxygen atoms in total. The normalized spacial score (nSPS) is 26.6. The van der Waals surface area contributed by atoms with Gasteiger partial charge in [0.1, 0.15) is 0 Å². The summed E-state index contributed by atoms with van der Waals surface area (Å²) in [5.74, 6) is 0. The molecule has 0 aliphatic carbocycles. The van der Waals surface area contributed by atoms with Gasteiger partial charge in [0.25, 0.3) is 0 Å². The summed E-state index contributed by atoms with van der Waals surface area (Å²) in [7, 11) is 2.61. The summed E-state index contributed by atoms with van der Waals surface area (Å²) in [4.78, 5) is 0. The first-order valence-corrected chi connectivity index (χ1v) is 6.91. The van der Waals surface area contributed by atoms with Gasteiger partial charge in [-0.15, -0.1) is 0 Å². The van der Waals surface area contributed by atoms with E-state index < -0.39 is 8.80 Å². The first kappa shape index (κ1) is 12.1. The van der Waals surface area contributed by atoms with Crippen LogP contribution in [0.1, 0.15) is 19.8 Å². The van der Waals surface area contributed by atoms with E-state index in [2.05, 4.69) is 6.92 Å². The van der Waals surface area contributed by atoms with Crippen LogP contribution in [0.15, 0.2) is 0 Å². The Morgan fingerprint density at radius 1 is 1.14 bits per heavy atom. The average Bonchev–Trinajstić information content (AvgIpc) is 2.90. The van der Waals surface area contributed by atoms with E-state index in [9.17, 15) is 0 Å². The van der Waals surface area contributed by atoms with Gasteiger partial charge in [0.05, 0.1) is 12.2 Å². The van der Waals surface area contributed by atoms with E-state index in [0.29, 0.717) is 12.2 Å². The molecule has 0 bridgehead atoms. The van der Waals surface area contributed by atoms with E-state index >= 15 is 0 Å². The second-order valence-corrected chi connectivity index (χ2v) is 6.66. The Labute approximate surface area is 86.9 Å². The fourth-order valence-electron chi connectivity index (χ4n) is 1.61. The van der Waals surface area contributed by atoms with Crippen molar-refractivity contribution >= 4 is 8.80 Å². The lowest BCUT2D eigenvalue weighted by molar-refractivity contribution is 0.122. The molecule has 0 aromatic rings. The molecule has 0 N–H and O–H groups in total. The van der Waals surface area contributed by atoms with Gasteiger partial charge in [0.2, 0.25) is 0 Å². The Morgan fingerprint density at radius 3 is 2.00 bits per heavy atom. The Hall–Kier alpha value is 0.0569. The van der Waals surface area contributed by atoms with E-state index in [0.717, 1.165) is 18.9 Å². The molecule has 0 aromatic carbocycles. The molecule has 0 spiro atoms. The van der Waals surface area contributed by atoms with Crippen LogP contribution >= 0.6 is 0 Å². The number of ether oxygens (including phenoxy) is 1. The molecule has 1 aliphatic heterocycles. The molecule has 1 fully saturated rings. The molecule has 2 unspecified atom stereocenters. The first-order chi connectivity index (χ1) is 6.67. The largest absolute Gasteiger partial charge is 0.500 e. The van der Waals surface area contributed by atoms with Crippen LogP contribution in [0.3, 0.4) is 0 Å². The summed E-state index contributed by atoms with van der Waals surface area (Å²) >= 11 is 0. The van der Waals surface area contributed by atoms with Crippen LogP contribution in [0.5, 0.6) is 0 Å². The van der Waals surface area contributed by atoms with E-state index in [1.165, 1.54) is 0 Å². The van der Waals surface area contributed by atoms with Gasteiger partial charge in [0.15, 0.2) is 0 Å². The maximum Gasteiger partial charge on any atom is 0.500 e. The summed E-state index contributed by atoms with van der Waals surface area (Å²) in [6.07, 6.45) is 3.01. The molecule has 0 saturated carbocycles. The van der Waals surface area contributed by atoms with Crippen LogP contribution in [-0.2, 0) is 18.0 Å². The quantitative estimate of drug-likeness (QED) is 0.481. The van der Waals surface area contributed by atoms with Crippen molar-refractivity contribution in [3.63, 3.8) is 0 Å². The van der Waals surface area contributed by atoms with Crippen molar-refractivity contribution < 1.29 is 18.0 Å². The predicted octanol–water partition coefficient (Wildman–Crippen LogP) is 1.43. The topological polar surface area (TPSA) is 40.2 Å². The highest BCUT2D eigenvalue weighted by molar-refractivity contribution is 6.60. The molecular formula is C9H20O4Si. The molecule has 1 rings (SSSR count). The van der Waals surface area contributed by atoms with E-state index in [4.69, 9.17) is 18.0 Å². The van der Waals surface area contributed by atoms with Crippen LogP contribution in [-0.4, -0.2) is 42.3 Å². The lowest BCUT2D eigenvalue weighted by Gasteiger charge is -2.23. The second kappa shape index (κ2) is 5.23. The zero-order valence-electron chi connectivity index (χ0n) is 9.41. The second-order valence-electron chi connectivity index (χ2n) is 3.57. The Kier molecular flexibility index (Phi) is 4.53. The summed E-state index contributed by atoms with van der Waals surface area (Å²) in [5, 5.41) is 0. The SMILES string of the molecule is CO[Si](CCCC1OC1C)(OC)OC. The van der Waals surface area contributed by atoms with Crippen molar-refractivity contribution in [2.45, 2.75) is 38.0 Å². The van der Waals surface area contributed by atoms with Crippen molar-refractivity contribution in [2.75, 3.05) is 21.3 Å². The first-order valence-electron chi connectivity index (χ1n) is 4.98. The average molecular weight is 220 g/mol. The van der Waals surface area contributed by atoms with Crippen LogP contribution < -0.4 is 0 Å². The monoisotopic (exact) mass is 220 g/mol. The number of rotatable bonds is 7. The maximum atomic E-state index is 5.33. The highest BCUT2D eigenvalue weighted by atomic mass is 28.4. The van der Waals surface area contributed by atoms with Gasteiger partial charge in [0, 0.05) is 27.4 Å². The lowest BCUT2D eigenvalue weighted by atomic mass is 10.2. The third-order valence-corrected chi connectivity index (χ3v) is 5.57. The van der Waals surface area contributed by atoms with Gasteiger partial charge in [-0.3, -0.25) is 0 Å². The molecule has 1 heterocycles. The standard InChI is InChI=1S/C9H20O4Si/c1-8-9(13-8)6-5-7-14(10-2,11-3)12-4/h8-9H,5-7H2,1-4H3. The summed E-state index contributed by atoms with van der Waals surface area (Å²) in [6, 6.07) is 0.864. The Morgan fingerprint density at radius 2 is 1.64 bits per heavy atom. The fraction of sp³-hybridized carbons (Fsp3) is 1.00. The fourth-order valence-corrected chi connectivity index (χ4v) is 3.36. The summed E-state index contributed by atoms with van der Waals surface area (Å²) in [5.41, 5.74) is 0. The van der Waals surface area contributed by atoms with Gasteiger partial charge in [-0.05, 0) is 19.8 Å². The van der Waals surface area contributed by atoms with Gasteiger partial charge in [-0.25, -0.2) is 0 Å². The van der Waals surface area contributed by atoms with Crippen molar-refractivity contribution in [2.24, 2.45) is 0 Å². The summed E-state index contributed by atoms with van der Waals surface area (Å²) < 4.78 is 21.3. The van der Waals surface area contributed by atoms with Gasteiger partial charge < -0.3 is 18.0 Å². The Bertz CT molecular complexity index is 164. The van der Waals surface area contributed by atoms with Crippen LogP contribution in [0, 0.1) is 0 Å². The number of epoxide rings is 1. The molecule has 0 aromatic heterocycles. The number of hydrogen-bond donors (Lipinski definition) is 0. The van der Waals surface area contributed by atoms with Gasteiger partial charge in [-0.2, -0.15) is 0 Å². The van der Waals surface area contributed by atoms with Gasteiger partial charge >= 0.3 is 8.80 Å². The van der Waals surface area contributed by atoms with E-state index in [-0.39, 0.29) is 0 Å². The zero-order valence-corrected chi connectivity index (χ0v) is 10.4. The smallest absolute Gasteiger partial charge is 0.377 e. The molecule has 14 heavy (non-hydrogen) atoms. The van der Waals surface area contributed by atoms with E-state index in [1.807, 2.05) is 0 Å². The number of hydrogen-bond acceptors (Lipinski definition) is 4. The molecule has 0 radical (unpaired) electrons. The highest BCUT2D eigenvalue weighted by Gasteiger charge is 2.39. The van der Waals surface area contributed by atoms with Crippen LogP contribution in [0.4, 0.5) is 0 Å². The zero-order chi connectivity index (χ0) is 10.6. The van der Waals surface area contributed by atoms with Crippen LogP contribution in [0.2, 0.25) is 6.04 Å². The minimum Gasteiger partial charge on any atom is -0.377 e. The van der Waals surface area contributed by atoms with Crippen molar-refractivity contribution in [3.8, 4) is 0 Å². The minimum absolute atomic E-state index is 0.443. The maximum absolute atomic E-state index is 5.33. The third-order valence-electron chi connectivity index (χ3n) is 2.74. The van der Waals surface area contributed by atoms with Crippen molar-refractivity contribution in [1.29, 1.82) is 0 Å². The van der Waals surface area contributed by atoms with Crippen LogP contribution in [0.25, 0.3) is 0 Å². The predicted molar refractivity (Wildman–Crippen MR) is 55.2 cm³/mol. The van der Waals surface area contributed by atoms with Crippen molar-refractivity contribution in [3.05, 3.63) is 0 Å². The minimum atomic E-state index is -2.33. The molecule has 1 aliphatic rings. The molecular weight excluding hydrogens is 200 g/mol. The molecule has 84 valence electrons. The highest BCUT2D eigenvalue weighted by Crippen LogP contribution is 2.28. The molecule has 0 amide bonds. The van der Waals surface area contributed by atoms with E-state index in [1.54, 1.807) is 21.3 Å². The van der Waals surface area contributed by atoms with Crippen molar-refractivity contribution in [1.82, 2.24) is 0 Å². The molecule has 1 saturated heterocycles. The molecule has 5 heteroatoms. The Balaban J connectivity index is 2.19. The van der Waals surface area contributed by atoms with Gasteiger partial charge in [-0.1, -0.05) is 0 Å². The lowest BCUT2D eigenvalue weighted by Crippen LogP contribution is -2.42. The molecule has 2 atom stereocenters. The summed E-state index contributed by atoms with van der Waals surface area (Å²) in [6.45, 7) is 2.10.